The van der Waals surface area contributed by atoms with Gasteiger partial charge in [0.25, 0.3) is 0 Å². The Morgan fingerprint density at radius 2 is 1.67 bits per heavy atom. The summed E-state index contributed by atoms with van der Waals surface area (Å²) in [5, 5.41) is 0. The standard InChI is InChI=1S/C14H23N/c1-5-7-13-8-10-14(11-9-13)15(6-2)12(3)4/h8-12H,5-7H2,1-4H3. The molecule has 0 saturated heterocycles. The molecule has 84 valence electrons. The molecule has 0 aromatic heterocycles. The van der Waals surface area contributed by atoms with Crippen LogP contribution in [-0.2, 0) is 6.42 Å². The molecule has 0 aliphatic carbocycles. The molecule has 0 unspecified atom stereocenters. The van der Waals surface area contributed by atoms with Gasteiger partial charge >= 0.3 is 0 Å². The number of anilines is 1. The zero-order valence-corrected chi connectivity index (χ0v) is 10.5. The van der Waals surface area contributed by atoms with Gasteiger partial charge in [0.05, 0.1) is 0 Å². The number of rotatable bonds is 5. The van der Waals surface area contributed by atoms with Gasteiger partial charge in [-0.05, 0) is 44.9 Å². The average Bonchev–Trinajstić information content (AvgIpc) is 2.21. The van der Waals surface area contributed by atoms with Crippen molar-refractivity contribution < 1.29 is 0 Å². The Morgan fingerprint density at radius 1 is 1.07 bits per heavy atom. The molecule has 0 heterocycles. The zero-order chi connectivity index (χ0) is 11.3. The van der Waals surface area contributed by atoms with E-state index in [0.29, 0.717) is 6.04 Å². The van der Waals surface area contributed by atoms with E-state index in [-0.39, 0.29) is 0 Å². The van der Waals surface area contributed by atoms with Crippen LogP contribution in [0.15, 0.2) is 24.3 Å². The highest BCUT2D eigenvalue weighted by Gasteiger charge is 2.07. The third kappa shape index (κ3) is 3.26. The summed E-state index contributed by atoms with van der Waals surface area (Å²) in [6.45, 7) is 9.98. The highest BCUT2D eigenvalue weighted by atomic mass is 15.1. The van der Waals surface area contributed by atoms with Crippen molar-refractivity contribution in [2.45, 2.75) is 46.6 Å². The Bertz CT molecular complexity index is 274. The lowest BCUT2D eigenvalue weighted by atomic mass is 10.1. The van der Waals surface area contributed by atoms with E-state index in [1.807, 2.05) is 0 Å². The Labute approximate surface area is 94.1 Å². The topological polar surface area (TPSA) is 3.24 Å². The molecule has 0 saturated carbocycles. The third-order valence-electron chi connectivity index (χ3n) is 2.77. The summed E-state index contributed by atoms with van der Waals surface area (Å²) in [5.41, 5.74) is 2.79. The van der Waals surface area contributed by atoms with Crippen LogP contribution in [0.5, 0.6) is 0 Å². The van der Waals surface area contributed by atoms with Gasteiger partial charge in [0.1, 0.15) is 0 Å². The first-order valence-corrected chi connectivity index (χ1v) is 6.04. The minimum Gasteiger partial charge on any atom is -0.369 e. The second-order valence-corrected chi connectivity index (χ2v) is 4.30. The summed E-state index contributed by atoms with van der Waals surface area (Å²) >= 11 is 0. The van der Waals surface area contributed by atoms with Crippen LogP contribution in [-0.4, -0.2) is 12.6 Å². The molecule has 1 aromatic rings. The molecule has 0 atom stereocenters. The normalized spacial score (nSPS) is 10.7. The molecule has 1 heteroatoms. The number of benzene rings is 1. The molecule has 0 aliphatic heterocycles. The summed E-state index contributed by atoms with van der Waals surface area (Å²) in [4.78, 5) is 2.41. The summed E-state index contributed by atoms with van der Waals surface area (Å²) in [5.74, 6) is 0. The smallest absolute Gasteiger partial charge is 0.0368 e. The lowest BCUT2D eigenvalue weighted by Crippen LogP contribution is -2.30. The molecule has 15 heavy (non-hydrogen) atoms. The minimum absolute atomic E-state index is 0.576. The molecule has 0 radical (unpaired) electrons. The largest absolute Gasteiger partial charge is 0.369 e. The second kappa shape index (κ2) is 5.79. The second-order valence-electron chi connectivity index (χ2n) is 4.30. The van der Waals surface area contributed by atoms with Gasteiger partial charge in [-0.2, -0.15) is 0 Å². The number of hydrogen-bond acceptors (Lipinski definition) is 1. The van der Waals surface area contributed by atoms with Gasteiger partial charge in [0, 0.05) is 18.3 Å². The molecular weight excluding hydrogens is 182 g/mol. The van der Waals surface area contributed by atoms with Crippen molar-refractivity contribution in [1.29, 1.82) is 0 Å². The number of nitrogens with zero attached hydrogens (tertiary/aromatic N) is 1. The van der Waals surface area contributed by atoms with Crippen LogP contribution in [0.2, 0.25) is 0 Å². The molecule has 1 rings (SSSR count). The van der Waals surface area contributed by atoms with Crippen molar-refractivity contribution in [3.63, 3.8) is 0 Å². The van der Waals surface area contributed by atoms with Crippen molar-refractivity contribution in [2.75, 3.05) is 11.4 Å². The van der Waals surface area contributed by atoms with E-state index in [4.69, 9.17) is 0 Å². The van der Waals surface area contributed by atoms with E-state index in [2.05, 4.69) is 56.9 Å². The lowest BCUT2D eigenvalue weighted by molar-refractivity contribution is 0.703. The zero-order valence-electron chi connectivity index (χ0n) is 10.5. The fourth-order valence-electron chi connectivity index (χ4n) is 1.99. The van der Waals surface area contributed by atoms with E-state index >= 15 is 0 Å². The highest BCUT2D eigenvalue weighted by molar-refractivity contribution is 5.48. The molecule has 0 aliphatic rings. The predicted octanol–water partition coefficient (Wildman–Crippen LogP) is 3.87. The van der Waals surface area contributed by atoms with E-state index in [0.717, 1.165) is 6.54 Å². The maximum atomic E-state index is 2.41. The fourth-order valence-corrected chi connectivity index (χ4v) is 1.99. The van der Waals surface area contributed by atoms with Crippen LogP contribution in [0.4, 0.5) is 5.69 Å². The van der Waals surface area contributed by atoms with Gasteiger partial charge < -0.3 is 4.90 Å². The van der Waals surface area contributed by atoms with Crippen LogP contribution in [0.3, 0.4) is 0 Å². The average molecular weight is 205 g/mol. The van der Waals surface area contributed by atoms with Crippen molar-refractivity contribution in [3.8, 4) is 0 Å². The van der Waals surface area contributed by atoms with E-state index in [1.54, 1.807) is 0 Å². The Morgan fingerprint density at radius 3 is 2.07 bits per heavy atom. The SMILES string of the molecule is CCCc1ccc(N(CC)C(C)C)cc1. The van der Waals surface area contributed by atoms with Crippen LogP contribution in [0, 0.1) is 0 Å². The Balaban J connectivity index is 2.77. The number of aryl methyl sites for hydroxylation is 1. The van der Waals surface area contributed by atoms with E-state index < -0.39 is 0 Å². The molecule has 0 amide bonds. The van der Waals surface area contributed by atoms with Gasteiger partial charge in [-0.1, -0.05) is 25.5 Å². The number of hydrogen-bond donors (Lipinski definition) is 0. The molecular formula is C14H23N. The van der Waals surface area contributed by atoms with Crippen molar-refractivity contribution >= 4 is 5.69 Å². The van der Waals surface area contributed by atoms with Gasteiger partial charge in [-0.25, -0.2) is 0 Å². The van der Waals surface area contributed by atoms with Gasteiger partial charge in [-0.3, -0.25) is 0 Å². The Hall–Kier alpha value is -0.980. The minimum atomic E-state index is 0.576. The van der Waals surface area contributed by atoms with Crippen molar-refractivity contribution in [2.24, 2.45) is 0 Å². The van der Waals surface area contributed by atoms with Crippen LogP contribution < -0.4 is 4.90 Å². The molecule has 0 fully saturated rings. The molecule has 1 nitrogen and oxygen atoms in total. The molecule has 0 spiro atoms. The van der Waals surface area contributed by atoms with Crippen LogP contribution in [0.25, 0.3) is 0 Å². The van der Waals surface area contributed by atoms with Gasteiger partial charge in [0.2, 0.25) is 0 Å². The van der Waals surface area contributed by atoms with Gasteiger partial charge in [-0.15, -0.1) is 0 Å². The van der Waals surface area contributed by atoms with Gasteiger partial charge in [0.15, 0.2) is 0 Å². The first-order chi connectivity index (χ1) is 7.19. The quantitative estimate of drug-likeness (QED) is 0.705. The first-order valence-electron chi connectivity index (χ1n) is 6.04. The summed E-state index contributed by atoms with van der Waals surface area (Å²) in [7, 11) is 0. The monoisotopic (exact) mass is 205 g/mol. The van der Waals surface area contributed by atoms with E-state index in [9.17, 15) is 0 Å². The van der Waals surface area contributed by atoms with Crippen molar-refractivity contribution in [3.05, 3.63) is 29.8 Å². The predicted molar refractivity (Wildman–Crippen MR) is 68.6 cm³/mol. The summed E-state index contributed by atoms with van der Waals surface area (Å²) in [6.07, 6.45) is 2.41. The molecule has 0 bridgehead atoms. The fraction of sp³-hybridized carbons (Fsp3) is 0.571. The lowest BCUT2D eigenvalue weighted by Gasteiger charge is -2.27. The summed E-state index contributed by atoms with van der Waals surface area (Å²) in [6, 6.07) is 9.57. The Kier molecular flexibility index (Phi) is 4.67. The van der Waals surface area contributed by atoms with E-state index in [1.165, 1.54) is 24.1 Å². The highest BCUT2D eigenvalue weighted by Crippen LogP contribution is 2.18. The first kappa shape index (κ1) is 12.1. The maximum absolute atomic E-state index is 2.41. The van der Waals surface area contributed by atoms with Crippen LogP contribution in [0.1, 0.15) is 39.7 Å². The third-order valence-corrected chi connectivity index (χ3v) is 2.77. The van der Waals surface area contributed by atoms with Crippen LogP contribution >= 0.6 is 0 Å². The van der Waals surface area contributed by atoms with Crippen molar-refractivity contribution in [1.82, 2.24) is 0 Å². The summed E-state index contributed by atoms with van der Waals surface area (Å²) < 4.78 is 0. The maximum Gasteiger partial charge on any atom is 0.0368 e. The molecule has 0 N–H and O–H groups in total. The molecule has 1 aromatic carbocycles.